The van der Waals surface area contributed by atoms with Crippen molar-refractivity contribution in [3.05, 3.63) is 22.7 Å². The lowest BCUT2D eigenvalue weighted by atomic mass is 10.1. The molecule has 2 heterocycles. The lowest BCUT2D eigenvalue weighted by Crippen LogP contribution is -2.34. The number of anilines is 1. The van der Waals surface area contributed by atoms with Crippen molar-refractivity contribution in [1.29, 1.82) is 0 Å². The van der Waals surface area contributed by atoms with E-state index in [1.165, 1.54) is 19.4 Å². The molecular weight excluding hydrogens is 270 g/mol. The highest BCUT2D eigenvalue weighted by Crippen LogP contribution is 2.26. The molecule has 1 aliphatic rings. The van der Waals surface area contributed by atoms with Crippen molar-refractivity contribution in [2.24, 2.45) is 0 Å². The fourth-order valence-corrected chi connectivity index (χ4v) is 2.32. The van der Waals surface area contributed by atoms with Crippen LogP contribution in [-0.2, 0) is 18.7 Å². The molecule has 0 spiro atoms. The van der Waals surface area contributed by atoms with Crippen LogP contribution in [0.3, 0.4) is 0 Å². The first-order chi connectivity index (χ1) is 9.08. The maximum absolute atomic E-state index is 12.1. The Kier molecular flexibility index (Phi) is 4.10. The highest BCUT2D eigenvalue weighted by Gasteiger charge is 2.45. The van der Waals surface area contributed by atoms with Gasteiger partial charge in [-0.2, -0.15) is 4.98 Å². The average Bonchev–Trinajstić information content (AvgIpc) is 2.66. The molecular formula is C10H15N3O5Si. The Morgan fingerprint density at radius 2 is 2.32 bits per heavy atom. The number of rotatable bonds is 4. The number of ether oxygens (including phenoxy) is 2. The standard InChI is InChI=1S/C10H15N3O5Si/c1-16-8-5(4-17-19)18-9(7(8)14)13-3-2-6(11)12-10(13)15/h2-3,5,8-9H,4H2,1,19H3,(H2,11,12,15)/t5-,8-,9?/m1/s1. The first-order valence-corrected chi connectivity index (χ1v) is 6.45. The lowest BCUT2D eigenvalue weighted by molar-refractivity contribution is -0.131. The summed E-state index contributed by atoms with van der Waals surface area (Å²) >= 11 is 0. The molecule has 0 aliphatic carbocycles. The zero-order valence-corrected chi connectivity index (χ0v) is 12.6. The number of ketones is 1. The van der Waals surface area contributed by atoms with Crippen LogP contribution in [0.25, 0.3) is 0 Å². The van der Waals surface area contributed by atoms with Gasteiger partial charge in [-0.3, -0.25) is 9.36 Å². The van der Waals surface area contributed by atoms with Crippen LogP contribution in [0.1, 0.15) is 6.23 Å². The third-order valence-electron chi connectivity index (χ3n) is 2.85. The number of aromatic nitrogens is 2. The molecule has 0 saturated carbocycles. The van der Waals surface area contributed by atoms with Gasteiger partial charge < -0.3 is 19.6 Å². The van der Waals surface area contributed by atoms with E-state index in [0.29, 0.717) is 10.5 Å². The Bertz CT molecular complexity index is 534. The zero-order valence-electron chi connectivity index (χ0n) is 10.6. The van der Waals surface area contributed by atoms with E-state index >= 15 is 0 Å². The van der Waals surface area contributed by atoms with Crippen LogP contribution in [0, 0.1) is 0 Å². The molecule has 1 saturated heterocycles. The summed E-state index contributed by atoms with van der Waals surface area (Å²) in [5, 5.41) is 0. The molecule has 1 aromatic rings. The third kappa shape index (κ3) is 2.58. The summed E-state index contributed by atoms with van der Waals surface area (Å²) in [5.41, 5.74) is 4.76. The minimum Gasteiger partial charge on any atom is -0.425 e. The van der Waals surface area contributed by atoms with E-state index in [-0.39, 0.29) is 18.2 Å². The van der Waals surface area contributed by atoms with Gasteiger partial charge >= 0.3 is 5.69 Å². The van der Waals surface area contributed by atoms with Gasteiger partial charge in [-0.15, -0.1) is 0 Å². The van der Waals surface area contributed by atoms with Crippen LogP contribution in [0.5, 0.6) is 0 Å². The minimum atomic E-state index is -1.05. The van der Waals surface area contributed by atoms with Crippen LogP contribution in [0.4, 0.5) is 5.82 Å². The van der Waals surface area contributed by atoms with E-state index in [2.05, 4.69) is 4.98 Å². The number of nitrogens with zero attached hydrogens (tertiary/aromatic N) is 2. The Hall–Kier alpha value is -1.55. The molecule has 1 aliphatic heterocycles. The number of methoxy groups -OCH3 is 1. The molecule has 2 N–H and O–H groups in total. The highest BCUT2D eigenvalue weighted by molar-refractivity contribution is 5.98. The van der Waals surface area contributed by atoms with E-state index < -0.39 is 24.1 Å². The number of nitrogens with two attached hydrogens (primary N) is 1. The van der Waals surface area contributed by atoms with Crippen molar-refractivity contribution in [3.8, 4) is 0 Å². The fraction of sp³-hybridized carbons (Fsp3) is 0.500. The minimum absolute atomic E-state index is 0.0921. The number of carbonyl (C=O) groups is 1. The van der Waals surface area contributed by atoms with Crippen molar-refractivity contribution in [1.82, 2.24) is 9.55 Å². The van der Waals surface area contributed by atoms with Crippen LogP contribution < -0.4 is 11.4 Å². The summed E-state index contributed by atoms with van der Waals surface area (Å²) in [4.78, 5) is 27.4. The second-order valence-electron chi connectivity index (χ2n) is 4.08. The normalized spacial score (nSPS) is 27.0. The molecule has 104 valence electrons. The van der Waals surface area contributed by atoms with Crippen molar-refractivity contribution in [2.45, 2.75) is 18.4 Å². The van der Waals surface area contributed by atoms with Gasteiger partial charge in [-0.25, -0.2) is 4.79 Å². The Morgan fingerprint density at radius 3 is 2.89 bits per heavy atom. The molecule has 1 aromatic heterocycles. The fourth-order valence-electron chi connectivity index (χ4n) is 1.99. The average molecular weight is 285 g/mol. The summed E-state index contributed by atoms with van der Waals surface area (Å²) in [6, 6.07) is 1.43. The van der Waals surface area contributed by atoms with Gasteiger partial charge in [0.2, 0.25) is 12.0 Å². The predicted molar refractivity (Wildman–Crippen MR) is 68.5 cm³/mol. The van der Waals surface area contributed by atoms with Gasteiger partial charge in [0.05, 0.1) is 6.61 Å². The molecule has 1 fully saturated rings. The maximum Gasteiger partial charge on any atom is 0.351 e. The molecule has 19 heavy (non-hydrogen) atoms. The molecule has 0 aromatic carbocycles. The van der Waals surface area contributed by atoms with Gasteiger partial charge in [0.15, 0.2) is 0 Å². The Balaban J connectivity index is 2.30. The second kappa shape index (κ2) is 5.61. The molecule has 0 radical (unpaired) electrons. The van der Waals surface area contributed by atoms with E-state index in [0.717, 1.165) is 4.57 Å². The Labute approximate surface area is 112 Å². The summed E-state index contributed by atoms with van der Waals surface area (Å²) < 4.78 is 16.8. The van der Waals surface area contributed by atoms with Crippen molar-refractivity contribution in [2.75, 3.05) is 19.5 Å². The second-order valence-corrected chi connectivity index (χ2v) is 4.66. The van der Waals surface area contributed by atoms with Crippen LogP contribution in [0.2, 0.25) is 0 Å². The summed E-state index contributed by atoms with van der Waals surface area (Å²) in [6.07, 6.45) is -0.940. The van der Waals surface area contributed by atoms with Gasteiger partial charge in [0.1, 0.15) is 28.5 Å². The topological polar surface area (TPSA) is 106 Å². The smallest absolute Gasteiger partial charge is 0.351 e. The zero-order chi connectivity index (χ0) is 14.0. The quantitative estimate of drug-likeness (QED) is 0.615. The lowest BCUT2D eigenvalue weighted by Gasteiger charge is -2.14. The molecule has 3 atom stereocenters. The van der Waals surface area contributed by atoms with Gasteiger partial charge in [0.25, 0.3) is 0 Å². The van der Waals surface area contributed by atoms with Gasteiger partial charge in [0, 0.05) is 13.3 Å². The highest BCUT2D eigenvalue weighted by atomic mass is 28.2. The third-order valence-corrected chi connectivity index (χ3v) is 3.19. The number of nitrogen functional groups attached to an aromatic ring is 1. The number of hydrogen-bond donors (Lipinski definition) is 1. The van der Waals surface area contributed by atoms with E-state index in [1.54, 1.807) is 0 Å². The molecule has 9 heteroatoms. The summed E-state index contributed by atoms with van der Waals surface area (Å²) in [5.74, 6) is -0.241. The van der Waals surface area contributed by atoms with E-state index in [1.807, 2.05) is 0 Å². The molecule has 0 bridgehead atoms. The van der Waals surface area contributed by atoms with Gasteiger partial charge in [-0.05, 0) is 6.07 Å². The summed E-state index contributed by atoms with van der Waals surface area (Å²) in [7, 11) is 1.94. The number of hydrogen-bond acceptors (Lipinski definition) is 7. The van der Waals surface area contributed by atoms with Crippen LogP contribution in [0.15, 0.2) is 17.1 Å². The Morgan fingerprint density at radius 1 is 1.58 bits per heavy atom. The predicted octanol–water partition coefficient (Wildman–Crippen LogP) is -2.40. The molecule has 8 nitrogen and oxygen atoms in total. The SMILES string of the molecule is CO[C@H]1C(=O)C(n2ccc(N)nc2=O)O[C@@H]1CO[SiH3]. The van der Waals surface area contributed by atoms with E-state index in [4.69, 9.17) is 19.6 Å². The molecule has 2 rings (SSSR count). The maximum atomic E-state index is 12.1. The molecule has 0 amide bonds. The summed E-state index contributed by atoms with van der Waals surface area (Å²) in [6.45, 7) is 0.254. The molecule has 1 unspecified atom stereocenters. The van der Waals surface area contributed by atoms with Crippen molar-refractivity contribution in [3.63, 3.8) is 0 Å². The number of carbonyl (C=O) groups excluding carboxylic acids is 1. The van der Waals surface area contributed by atoms with Crippen LogP contribution in [-0.4, -0.2) is 51.7 Å². The van der Waals surface area contributed by atoms with Crippen molar-refractivity contribution >= 4 is 22.1 Å². The first kappa shape index (κ1) is 13.9. The number of Topliss-reactive ketones (excluding diaryl/α,β-unsaturated/α-hetero) is 1. The first-order valence-electron chi connectivity index (χ1n) is 5.64. The van der Waals surface area contributed by atoms with Crippen molar-refractivity contribution < 1.29 is 18.7 Å². The monoisotopic (exact) mass is 285 g/mol. The van der Waals surface area contributed by atoms with Crippen LogP contribution >= 0.6 is 0 Å². The van der Waals surface area contributed by atoms with E-state index in [9.17, 15) is 9.59 Å². The van der Waals surface area contributed by atoms with Gasteiger partial charge in [-0.1, -0.05) is 0 Å². The largest absolute Gasteiger partial charge is 0.425 e.